The number of hydrogen-bond donors (Lipinski definition) is 1. The molecule has 106 valence electrons. The summed E-state index contributed by atoms with van der Waals surface area (Å²) in [6.45, 7) is 5.41. The molecule has 3 unspecified atom stereocenters. The minimum atomic E-state index is -2.37. The summed E-state index contributed by atoms with van der Waals surface area (Å²) < 4.78 is 26.4. The van der Waals surface area contributed by atoms with Gasteiger partial charge in [-0.3, -0.25) is 0 Å². The van der Waals surface area contributed by atoms with Gasteiger partial charge < -0.3 is 5.32 Å². The molecule has 2 aliphatic rings. The lowest BCUT2D eigenvalue weighted by Crippen LogP contribution is -2.31. The molecule has 0 aromatic rings. The first kappa shape index (κ1) is 14.2. The molecular formula is C15H27F2N. The van der Waals surface area contributed by atoms with Crippen molar-refractivity contribution in [3.05, 3.63) is 0 Å². The van der Waals surface area contributed by atoms with Crippen molar-refractivity contribution in [3.63, 3.8) is 0 Å². The number of nitrogens with one attached hydrogen (secondary N) is 1. The molecule has 0 saturated heterocycles. The Bertz CT molecular complexity index is 265. The van der Waals surface area contributed by atoms with Crippen LogP contribution in [-0.2, 0) is 0 Å². The Kier molecular flexibility index (Phi) is 4.63. The highest BCUT2D eigenvalue weighted by atomic mass is 19.3. The van der Waals surface area contributed by atoms with Gasteiger partial charge >= 0.3 is 0 Å². The van der Waals surface area contributed by atoms with Gasteiger partial charge in [-0.15, -0.1) is 0 Å². The van der Waals surface area contributed by atoms with E-state index in [0.29, 0.717) is 12.0 Å². The van der Waals surface area contributed by atoms with Gasteiger partial charge in [-0.1, -0.05) is 26.7 Å². The van der Waals surface area contributed by atoms with Crippen LogP contribution in [0.25, 0.3) is 0 Å². The van der Waals surface area contributed by atoms with Crippen molar-refractivity contribution in [2.45, 2.75) is 70.8 Å². The van der Waals surface area contributed by atoms with Crippen LogP contribution in [0.3, 0.4) is 0 Å². The van der Waals surface area contributed by atoms with Crippen molar-refractivity contribution in [3.8, 4) is 0 Å². The molecule has 2 aliphatic carbocycles. The van der Waals surface area contributed by atoms with Crippen LogP contribution in [0.15, 0.2) is 0 Å². The molecule has 2 rings (SSSR count). The van der Waals surface area contributed by atoms with Crippen molar-refractivity contribution < 1.29 is 8.78 Å². The lowest BCUT2D eigenvalue weighted by atomic mass is 9.86. The Balaban J connectivity index is 1.77. The van der Waals surface area contributed by atoms with E-state index < -0.39 is 5.92 Å². The average molecular weight is 259 g/mol. The van der Waals surface area contributed by atoms with Crippen LogP contribution in [0.1, 0.15) is 58.8 Å². The second-order valence-corrected chi connectivity index (χ2v) is 6.71. The summed E-state index contributed by atoms with van der Waals surface area (Å²) in [4.78, 5) is 0. The Labute approximate surface area is 110 Å². The fourth-order valence-electron chi connectivity index (χ4n) is 3.75. The molecule has 0 amide bonds. The number of alkyl halides is 2. The second-order valence-electron chi connectivity index (χ2n) is 6.71. The molecule has 0 heterocycles. The zero-order chi connectivity index (χ0) is 13.2. The maximum absolute atomic E-state index is 13.2. The van der Waals surface area contributed by atoms with Crippen molar-refractivity contribution in [2.24, 2.45) is 17.8 Å². The smallest absolute Gasteiger partial charge is 0.248 e. The molecule has 0 spiro atoms. The van der Waals surface area contributed by atoms with Crippen LogP contribution in [0.5, 0.6) is 0 Å². The minimum absolute atomic E-state index is 0.124. The molecule has 2 fully saturated rings. The highest BCUT2D eigenvalue weighted by Crippen LogP contribution is 2.45. The molecule has 0 radical (unpaired) electrons. The molecular weight excluding hydrogens is 232 g/mol. The topological polar surface area (TPSA) is 12.0 Å². The number of halogens is 2. The Morgan fingerprint density at radius 2 is 1.89 bits per heavy atom. The van der Waals surface area contributed by atoms with Crippen LogP contribution in [-0.4, -0.2) is 18.5 Å². The van der Waals surface area contributed by atoms with E-state index in [2.05, 4.69) is 19.2 Å². The van der Waals surface area contributed by atoms with Gasteiger partial charge in [0.1, 0.15) is 0 Å². The van der Waals surface area contributed by atoms with Gasteiger partial charge in [0.05, 0.1) is 0 Å². The van der Waals surface area contributed by atoms with Crippen molar-refractivity contribution in [1.82, 2.24) is 5.32 Å². The Morgan fingerprint density at radius 1 is 1.17 bits per heavy atom. The van der Waals surface area contributed by atoms with E-state index in [1.165, 1.54) is 19.3 Å². The quantitative estimate of drug-likeness (QED) is 0.779. The van der Waals surface area contributed by atoms with Crippen molar-refractivity contribution in [2.75, 3.05) is 6.54 Å². The monoisotopic (exact) mass is 259 g/mol. The summed E-state index contributed by atoms with van der Waals surface area (Å²) in [6.07, 6.45) is 5.89. The third-order valence-corrected chi connectivity index (χ3v) is 4.75. The van der Waals surface area contributed by atoms with Crippen molar-refractivity contribution in [1.29, 1.82) is 0 Å². The van der Waals surface area contributed by atoms with E-state index in [-0.39, 0.29) is 18.8 Å². The summed E-state index contributed by atoms with van der Waals surface area (Å²) in [5, 5.41) is 3.51. The van der Waals surface area contributed by atoms with E-state index in [9.17, 15) is 8.78 Å². The van der Waals surface area contributed by atoms with E-state index in [1.54, 1.807) is 0 Å². The Hall–Kier alpha value is -0.180. The maximum Gasteiger partial charge on any atom is 0.248 e. The molecule has 18 heavy (non-hydrogen) atoms. The average Bonchev–Trinajstić information content (AvgIpc) is 2.83. The summed E-state index contributed by atoms with van der Waals surface area (Å²) in [7, 11) is 0. The third-order valence-electron chi connectivity index (χ3n) is 4.75. The highest BCUT2D eigenvalue weighted by Gasteiger charge is 2.41. The molecule has 0 aromatic carbocycles. The molecule has 1 N–H and O–H groups in total. The van der Waals surface area contributed by atoms with Crippen LogP contribution < -0.4 is 5.32 Å². The first-order valence-electron chi connectivity index (χ1n) is 7.57. The van der Waals surface area contributed by atoms with Gasteiger partial charge in [-0.05, 0) is 43.6 Å². The molecule has 3 atom stereocenters. The molecule has 1 nitrogen and oxygen atoms in total. The third kappa shape index (κ3) is 3.91. The van der Waals surface area contributed by atoms with Crippen LogP contribution in [0.2, 0.25) is 0 Å². The first-order chi connectivity index (χ1) is 8.46. The van der Waals surface area contributed by atoms with Gasteiger partial charge in [-0.25, -0.2) is 8.78 Å². The van der Waals surface area contributed by atoms with Crippen molar-refractivity contribution >= 4 is 0 Å². The van der Waals surface area contributed by atoms with Gasteiger partial charge in [0, 0.05) is 18.9 Å². The predicted molar refractivity (Wildman–Crippen MR) is 70.9 cm³/mol. The van der Waals surface area contributed by atoms with E-state index in [1.807, 2.05) is 0 Å². The predicted octanol–water partition coefficient (Wildman–Crippen LogP) is 4.23. The summed E-state index contributed by atoms with van der Waals surface area (Å²) in [5.41, 5.74) is 0. The number of hydrogen-bond acceptors (Lipinski definition) is 1. The normalized spacial score (nSPS) is 35.5. The molecule has 2 saturated carbocycles. The van der Waals surface area contributed by atoms with E-state index in [0.717, 1.165) is 25.3 Å². The lowest BCUT2D eigenvalue weighted by Gasteiger charge is -2.24. The maximum atomic E-state index is 13.2. The first-order valence-corrected chi connectivity index (χ1v) is 7.57. The fraction of sp³-hybridized carbons (Fsp3) is 1.00. The van der Waals surface area contributed by atoms with E-state index >= 15 is 0 Å². The SMILES string of the molecule is CC(C)NCC1CCCC1CC1CCC(F)(F)C1. The number of rotatable bonds is 5. The fourth-order valence-corrected chi connectivity index (χ4v) is 3.75. The van der Waals surface area contributed by atoms with Gasteiger partial charge in [0.15, 0.2) is 0 Å². The van der Waals surface area contributed by atoms with Gasteiger partial charge in [0.2, 0.25) is 5.92 Å². The van der Waals surface area contributed by atoms with Gasteiger partial charge in [0.25, 0.3) is 0 Å². The highest BCUT2D eigenvalue weighted by molar-refractivity contribution is 4.87. The molecule has 0 aliphatic heterocycles. The zero-order valence-corrected chi connectivity index (χ0v) is 11.7. The molecule has 0 aromatic heterocycles. The van der Waals surface area contributed by atoms with E-state index in [4.69, 9.17) is 0 Å². The minimum Gasteiger partial charge on any atom is -0.314 e. The molecule has 0 bridgehead atoms. The zero-order valence-electron chi connectivity index (χ0n) is 11.7. The van der Waals surface area contributed by atoms with Crippen LogP contribution >= 0.6 is 0 Å². The van der Waals surface area contributed by atoms with Gasteiger partial charge in [-0.2, -0.15) is 0 Å². The molecule has 3 heteroatoms. The summed E-state index contributed by atoms with van der Waals surface area (Å²) in [5.74, 6) is -0.670. The lowest BCUT2D eigenvalue weighted by molar-refractivity contribution is 0.00378. The largest absolute Gasteiger partial charge is 0.314 e. The van der Waals surface area contributed by atoms with Crippen LogP contribution in [0.4, 0.5) is 8.78 Å². The summed E-state index contributed by atoms with van der Waals surface area (Å²) in [6, 6.07) is 0.530. The Morgan fingerprint density at radius 3 is 2.50 bits per heavy atom. The van der Waals surface area contributed by atoms with Crippen LogP contribution in [0, 0.1) is 17.8 Å². The summed E-state index contributed by atoms with van der Waals surface area (Å²) >= 11 is 0. The standard InChI is InChI=1S/C15H27F2N/c1-11(2)18-10-14-5-3-4-13(14)8-12-6-7-15(16,17)9-12/h11-14,18H,3-10H2,1-2H3. The second kappa shape index (κ2) is 5.85.